The molecule has 3 aromatic carbocycles. The summed E-state index contributed by atoms with van der Waals surface area (Å²) in [6, 6.07) is 20.1. The lowest BCUT2D eigenvalue weighted by atomic mass is 10.0. The van der Waals surface area contributed by atoms with Gasteiger partial charge in [0.1, 0.15) is 12.4 Å². The average molecular weight is 425 g/mol. The standard InChI is InChI=1S/C22H21ClN4OS/c1-2-21-25-26-22(29)27(21)24-13-19-18-6-4-3-5-16(18)9-12-20(19)28-14-15-7-10-17(23)11-8-15/h3-12,24H,2,13-14H2,1H3,(H,26,29). The molecule has 0 radical (unpaired) electrons. The van der Waals surface area contributed by atoms with E-state index in [0.29, 0.717) is 22.9 Å². The molecule has 0 bridgehead atoms. The molecule has 148 valence electrons. The van der Waals surface area contributed by atoms with Gasteiger partial charge in [-0.3, -0.25) is 5.10 Å². The molecule has 0 atom stereocenters. The highest BCUT2D eigenvalue weighted by Gasteiger charge is 2.11. The van der Waals surface area contributed by atoms with Crippen LogP contribution in [0.2, 0.25) is 5.02 Å². The fraction of sp³-hybridized carbons (Fsp3) is 0.182. The second-order valence-corrected chi connectivity index (χ2v) is 7.47. The van der Waals surface area contributed by atoms with Crippen molar-refractivity contribution in [1.82, 2.24) is 14.9 Å². The third-order valence-electron chi connectivity index (χ3n) is 4.78. The van der Waals surface area contributed by atoms with Gasteiger partial charge in [-0.2, -0.15) is 5.10 Å². The average Bonchev–Trinajstić information content (AvgIpc) is 3.11. The van der Waals surface area contributed by atoms with Crippen molar-refractivity contribution in [2.24, 2.45) is 0 Å². The third-order valence-corrected chi connectivity index (χ3v) is 5.30. The predicted octanol–water partition coefficient (Wildman–Crippen LogP) is 5.63. The Bertz CT molecular complexity index is 1180. The van der Waals surface area contributed by atoms with Crippen molar-refractivity contribution in [3.63, 3.8) is 0 Å². The molecule has 1 aromatic heterocycles. The van der Waals surface area contributed by atoms with E-state index in [1.165, 1.54) is 0 Å². The van der Waals surface area contributed by atoms with Crippen LogP contribution in [0, 0.1) is 4.77 Å². The molecule has 0 spiro atoms. The summed E-state index contributed by atoms with van der Waals surface area (Å²) in [6.45, 7) is 3.06. The maximum Gasteiger partial charge on any atom is 0.214 e. The normalized spacial score (nSPS) is 11.0. The Morgan fingerprint density at radius 2 is 1.90 bits per heavy atom. The maximum atomic E-state index is 6.19. The molecule has 4 aromatic rings. The molecule has 1 heterocycles. The zero-order valence-corrected chi connectivity index (χ0v) is 17.6. The van der Waals surface area contributed by atoms with Gasteiger partial charge in [-0.25, -0.2) is 4.68 Å². The molecule has 0 saturated carbocycles. The van der Waals surface area contributed by atoms with E-state index in [1.54, 1.807) is 0 Å². The number of aromatic amines is 1. The Kier molecular flexibility index (Phi) is 5.83. The molecule has 0 aliphatic heterocycles. The van der Waals surface area contributed by atoms with E-state index >= 15 is 0 Å². The Balaban J connectivity index is 1.64. The summed E-state index contributed by atoms with van der Waals surface area (Å²) in [5.41, 5.74) is 5.52. The second kappa shape index (κ2) is 8.68. The van der Waals surface area contributed by atoms with Crippen LogP contribution in [0.3, 0.4) is 0 Å². The SMILES string of the molecule is CCc1n[nH]c(=S)n1NCc1c(OCc2ccc(Cl)cc2)ccc2ccccc12. The molecular formula is C22H21ClN4OS. The molecule has 0 amide bonds. The zero-order valence-electron chi connectivity index (χ0n) is 16.0. The molecule has 29 heavy (non-hydrogen) atoms. The second-order valence-electron chi connectivity index (χ2n) is 6.65. The van der Waals surface area contributed by atoms with Crippen LogP contribution in [-0.2, 0) is 19.6 Å². The Labute approximate surface area is 179 Å². The highest BCUT2D eigenvalue weighted by Crippen LogP contribution is 2.29. The summed E-state index contributed by atoms with van der Waals surface area (Å²) in [7, 11) is 0. The summed E-state index contributed by atoms with van der Waals surface area (Å²) in [5.74, 6) is 1.69. The van der Waals surface area contributed by atoms with Crippen LogP contribution in [0.15, 0.2) is 60.7 Å². The van der Waals surface area contributed by atoms with Gasteiger partial charge in [0.25, 0.3) is 0 Å². The van der Waals surface area contributed by atoms with E-state index in [4.69, 9.17) is 28.6 Å². The van der Waals surface area contributed by atoms with Crippen molar-refractivity contribution in [3.05, 3.63) is 87.4 Å². The minimum absolute atomic E-state index is 0.466. The summed E-state index contributed by atoms with van der Waals surface area (Å²) in [6.07, 6.45) is 0.773. The fourth-order valence-electron chi connectivity index (χ4n) is 3.26. The van der Waals surface area contributed by atoms with Crippen molar-refractivity contribution in [2.45, 2.75) is 26.5 Å². The number of nitrogens with zero attached hydrogens (tertiary/aromatic N) is 2. The van der Waals surface area contributed by atoms with Crippen LogP contribution in [0.1, 0.15) is 23.9 Å². The number of H-pyrrole nitrogens is 1. The monoisotopic (exact) mass is 424 g/mol. The van der Waals surface area contributed by atoms with E-state index in [1.807, 2.05) is 54.1 Å². The first-order valence-electron chi connectivity index (χ1n) is 9.43. The molecular weight excluding hydrogens is 404 g/mol. The van der Waals surface area contributed by atoms with Gasteiger partial charge in [-0.15, -0.1) is 0 Å². The van der Waals surface area contributed by atoms with Gasteiger partial charge in [0.15, 0.2) is 5.82 Å². The molecule has 0 aliphatic carbocycles. The van der Waals surface area contributed by atoms with Crippen molar-refractivity contribution in [1.29, 1.82) is 0 Å². The van der Waals surface area contributed by atoms with Gasteiger partial charge in [-0.05, 0) is 46.8 Å². The lowest BCUT2D eigenvalue weighted by Crippen LogP contribution is -2.18. The number of rotatable bonds is 7. The van der Waals surface area contributed by atoms with E-state index < -0.39 is 0 Å². The Morgan fingerprint density at radius 1 is 1.10 bits per heavy atom. The molecule has 0 fully saturated rings. The number of benzene rings is 3. The Hall–Kier alpha value is -2.83. The van der Waals surface area contributed by atoms with Gasteiger partial charge in [0, 0.05) is 17.0 Å². The van der Waals surface area contributed by atoms with Crippen molar-refractivity contribution in [2.75, 3.05) is 5.43 Å². The number of halogens is 1. The van der Waals surface area contributed by atoms with Crippen LogP contribution >= 0.6 is 23.8 Å². The maximum absolute atomic E-state index is 6.19. The highest BCUT2D eigenvalue weighted by molar-refractivity contribution is 7.71. The molecule has 0 aliphatic rings. The largest absolute Gasteiger partial charge is 0.489 e. The highest BCUT2D eigenvalue weighted by atomic mass is 35.5. The number of hydrogen-bond acceptors (Lipinski definition) is 4. The van der Waals surface area contributed by atoms with Gasteiger partial charge >= 0.3 is 0 Å². The number of hydrogen-bond donors (Lipinski definition) is 2. The topological polar surface area (TPSA) is 54.9 Å². The molecule has 0 unspecified atom stereocenters. The first-order valence-corrected chi connectivity index (χ1v) is 10.2. The van der Waals surface area contributed by atoms with E-state index in [9.17, 15) is 0 Å². The van der Waals surface area contributed by atoms with Gasteiger partial charge in [0.2, 0.25) is 4.77 Å². The molecule has 7 heteroatoms. The van der Waals surface area contributed by atoms with Crippen LogP contribution in [0.4, 0.5) is 0 Å². The molecule has 5 nitrogen and oxygen atoms in total. The molecule has 2 N–H and O–H groups in total. The van der Waals surface area contributed by atoms with Gasteiger partial charge < -0.3 is 10.2 Å². The number of aromatic nitrogens is 3. The summed E-state index contributed by atoms with van der Waals surface area (Å²) in [4.78, 5) is 0. The third kappa shape index (κ3) is 4.28. The number of ether oxygens (including phenoxy) is 1. The summed E-state index contributed by atoms with van der Waals surface area (Å²) in [5, 5.41) is 10.1. The molecule has 4 rings (SSSR count). The fourth-order valence-corrected chi connectivity index (χ4v) is 3.60. The first kappa shape index (κ1) is 19.5. The smallest absolute Gasteiger partial charge is 0.214 e. The predicted molar refractivity (Wildman–Crippen MR) is 120 cm³/mol. The van der Waals surface area contributed by atoms with E-state index in [-0.39, 0.29) is 0 Å². The van der Waals surface area contributed by atoms with Crippen molar-refractivity contribution < 1.29 is 4.74 Å². The lowest BCUT2D eigenvalue weighted by Gasteiger charge is -2.16. The van der Waals surface area contributed by atoms with Gasteiger partial charge in [-0.1, -0.05) is 61.0 Å². The number of fused-ring (bicyclic) bond motifs is 1. The van der Waals surface area contributed by atoms with Crippen LogP contribution in [0.25, 0.3) is 10.8 Å². The summed E-state index contributed by atoms with van der Waals surface area (Å²) < 4.78 is 8.55. The lowest BCUT2D eigenvalue weighted by molar-refractivity contribution is 0.303. The van der Waals surface area contributed by atoms with Crippen LogP contribution < -0.4 is 10.2 Å². The number of nitrogens with one attached hydrogen (secondary N) is 2. The zero-order chi connectivity index (χ0) is 20.2. The van der Waals surface area contributed by atoms with Crippen LogP contribution in [0.5, 0.6) is 5.75 Å². The summed E-state index contributed by atoms with van der Waals surface area (Å²) >= 11 is 11.3. The molecule has 0 saturated heterocycles. The van der Waals surface area contributed by atoms with Gasteiger partial charge in [0.05, 0.1) is 6.54 Å². The minimum atomic E-state index is 0.466. The van der Waals surface area contributed by atoms with E-state index in [0.717, 1.165) is 39.9 Å². The first-order chi connectivity index (χ1) is 14.2. The Morgan fingerprint density at radius 3 is 2.69 bits per heavy atom. The minimum Gasteiger partial charge on any atom is -0.489 e. The quantitative estimate of drug-likeness (QED) is 0.377. The van der Waals surface area contributed by atoms with E-state index in [2.05, 4.69) is 33.8 Å². The number of aryl methyl sites for hydroxylation is 1. The van der Waals surface area contributed by atoms with Crippen LogP contribution in [-0.4, -0.2) is 14.9 Å². The van der Waals surface area contributed by atoms with Crippen molar-refractivity contribution in [3.8, 4) is 5.75 Å². The van der Waals surface area contributed by atoms with Crippen molar-refractivity contribution >= 4 is 34.6 Å².